The maximum absolute atomic E-state index is 12.4. The number of thiophene rings is 1. The molecule has 0 aliphatic heterocycles. The molecule has 2 rings (SSSR count). The molecule has 1 aromatic rings. The van der Waals surface area contributed by atoms with Crippen molar-refractivity contribution in [2.24, 2.45) is 5.14 Å². The summed E-state index contributed by atoms with van der Waals surface area (Å²) in [6.07, 6.45) is 4.37. The zero-order valence-electron chi connectivity index (χ0n) is 10.8. The lowest BCUT2D eigenvalue weighted by Gasteiger charge is -2.27. The van der Waals surface area contributed by atoms with Gasteiger partial charge in [-0.05, 0) is 25.8 Å². The number of carbonyl (C=O) groups excluding carboxylic acids is 1. The highest BCUT2D eigenvalue weighted by Crippen LogP contribution is 2.26. The van der Waals surface area contributed by atoms with Gasteiger partial charge in [-0.2, -0.15) is 0 Å². The second-order valence-corrected chi connectivity index (χ2v) is 7.43. The first-order chi connectivity index (χ1) is 8.93. The van der Waals surface area contributed by atoms with Gasteiger partial charge in [0.25, 0.3) is 5.91 Å². The molecule has 7 heteroatoms. The van der Waals surface area contributed by atoms with Crippen LogP contribution in [0.5, 0.6) is 0 Å². The highest BCUT2D eigenvalue weighted by Gasteiger charge is 2.27. The fraction of sp³-hybridized carbons (Fsp3) is 0.583. The minimum Gasteiger partial charge on any atom is -0.336 e. The summed E-state index contributed by atoms with van der Waals surface area (Å²) in [5.41, 5.74) is 0.419. The first-order valence-corrected chi connectivity index (χ1v) is 8.78. The van der Waals surface area contributed by atoms with Crippen LogP contribution < -0.4 is 5.14 Å². The van der Waals surface area contributed by atoms with Crippen molar-refractivity contribution in [2.75, 3.05) is 6.54 Å². The summed E-state index contributed by atoms with van der Waals surface area (Å²) in [6.45, 7) is 2.59. The summed E-state index contributed by atoms with van der Waals surface area (Å²) in [5, 5.41) is 6.63. The average molecular weight is 302 g/mol. The molecule has 1 aliphatic rings. The Morgan fingerprint density at radius 2 is 2.11 bits per heavy atom. The second kappa shape index (κ2) is 5.60. The molecule has 0 atom stereocenters. The zero-order chi connectivity index (χ0) is 14.0. The van der Waals surface area contributed by atoms with E-state index >= 15 is 0 Å². The van der Waals surface area contributed by atoms with Crippen molar-refractivity contribution in [1.82, 2.24) is 4.90 Å². The van der Waals surface area contributed by atoms with Crippen LogP contribution in [0.25, 0.3) is 0 Å². The van der Waals surface area contributed by atoms with E-state index < -0.39 is 10.0 Å². The van der Waals surface area contributed by atoms with Crippen LogP contribution in [0.1, 0.15) is 43.0 Å². The smallest absolute Gasteiger partial charge is 0.254 e. The van der Waals surface area contributed by atoms with Gasteiger partial charge in [0.05, 0.1) is 5.56 Å². The number of amides is 1. The van der Waals surface area contributed by atoms with Crippen LogP contribution in [0.15, 0.2) is 15.7 Å². The SMILES string of the molecule is CCN(C(=O)c1csc(S(N)(=O)=O)c1)C1CCCC1. The third kappa shape index (κ3) is 3.16. The molecule has 0 aromatic carbocycles. The molecule has 0 bridgehead atoms. The minimum absolute atomic E-state index is 0.0401. The van der Waals surface area contributed by atoms with E-state index in [2.05, 4.69) is 0 Å². The third-order valence-electron chi connectivity index (χ3n) is 3.47. The molecule has 0 saturated heterocycles. The van der Waals surface area contributed by atoms with Crippen LogP contribution in [-0.2, 0) is 10.0 Å². The lowest BCUT2D eigenvalue weighted by atomic mass is 10.2. The Morgan fingerprint density at radius 1 is 1.47 bits per heavy atom. The zero-order valence-corrected chi connectivity index (χ0v) is 12.5. The highest BCUT2D eigenvalue weighted by atomic mass is 32.2. The lowest BCUT2D eigenvalue weighted by molar-refractivity contribution is 0.0694. The fourth-order valence-electron chi connectivity index (χ4n) is 2.53. The van der Waals surface area contributed by atoms with E-state index in [9.17, 15) is 13.2 Å². The summed E-state index contributed by atoms with van der Waals surface area (Å²) in [4.78, 5) is 14.2. The number of nitrogens with zero attached hydrogens (tertiary/aromatic N) is 1. The molecule has 0 radical (unpaired) electrons. The summed E-state index contributed by atoms with van der Waals surface area (Å²) in [6, 6.07) is 1.66. The maximum atomic E-state index is 12.4. The summed E-state index contributed by atoms with van der Waals surface area (Å²) < 4.78 is 22.5. The number of carbonyl (C=O) groups is 1. The van der Waals surface area contributed by atoms with Crippen molar-refractivity contribution < 1.29 is 13.2 Å². The van der Waals surface area contributed by atoms with Crippen molar-refractivity contribution in [1.29, 1.82) is 0 Å². The average Bonchev–Trinajstić information content (AvgIpc) is 3.00. The van der Waals surface area contributed by atoms with E-state index in [1.807, 2.05) is 11.8 Å². The van der Waals surface area contributed by atoms with Gasteiger partial charge in [0.15, 0.2) is 0 Å². The Kier molecular flexibility index (Phi) is 4.27. The number of primary sulfonamides is 1. The first kappa shape index (κ1) is 14.5. The van der Waals surface area contributed by atoms with Crippen LogP contribution >= 0.6 is 11.3 Å². The Morgan fingerprint density at radius 3 is 2.58 bits per heavy atom. The molecule has 19 heavy (non-hydrogen) atoms. The van der Waals surface area contributed by atoms with Crippen molar-refractivity contribution in [2.45, 2.75) is 42.9 Å². The van der Waals surface area contributed by atoms with Gasteiger partial charge >= 0.3 is 0 Å². The summed E-state index contributed by atoms with van der Waals surface area (Å²) in [7, 11) is -3.72. The van der Waals surface area contributed by atoms with Crippen LogP contribution in [0.3, 0.4) is 0 Å². The summed E-state index contributed by atoms with van der Waals surface area (Å²) >= 11 is 0.995. The van der Waals surface area contributed by atoms with Crippen LogP contribution in [0.4, 0.5) is 0 Å². The monoisotopic (exact) mass is 302 g/mol. The molecule has 1 amide bonds. The Bertz CT molecular complexity index is 559. The van der Waals surface area contributed by atoms with Crippen LogP contribution in [0.2, 0.25) is 0 Å². The Labute approximate surface area is 117 Å². The molecule has 106 valence electrons. The van der Waals surface area contributed by atoms with Crippen molar-refractivity contribution in [3.8, 4) is 0 Å². The quantitative estimate of drug-likeness (QED) is 0.921. The van der Waals surface area contributed by atoms with E-state index in [1.165, 1.54) is 6.07 Å². The topological polar surface area (TPSA) is 80.5 Å². The van der Waals surface area contributed by atoms with E-state index in [4.69, 9.17) is 5.14 Å². The highest BCUT2D eigenvalue weighted by molar-refractivity contribution is 7.91. The normalized spacial score (nSPS) is 16.7. The predicted octanol–water partition coefficient (Wildman–Crippen LogP) is 1.80. The van der Waals surface area contributed by atoms with Crippen LogP contribution in [0, 0.1) is 0 Å². The predicted molar refractivity (Wildman–Crippen MR) is 74.7 cm³/mol. The van der Waals surface area contributed by atoms with Gasteiger partial charge in [-0.25, -0.2) is 13.6 Å². The van der Waals surface area contributed by atoms with E-state index in [1.54, 1.807) is 5.38 Å². The second-order valence-electron chi connectivity index (χ2n) is 4.73. The van der Waals surface area contributed by atoms with Crippen molar-refractivity contribution in [3.63, 3.8) is 0 Å². The van der Waals surface area contributed by atoms with Crippen LogP contribution in [-0.4, -0.2) is 31.8 Å². The molecule has 0 unspecified atom stereocenters. The number of hydrogen-bond donors (Lipinski definition) is 1. The number of rotatable bonds is 4. The van der Waals surface area contributed by atoms with Gasteiger partial charge in [0, 0.05) is 18.0 Å². The Hall–Kier alpha value is -0.920. The standard InChI is InChI=1S/C12H18N2O3S2/c1-2-14(10-5-3-4-6-10)12(15)9-7-11(18-8-9)19(13,16)17/h7-8,10H,2-6H2,1H3,(H2,13,16,17). The van der Waals surface area contributed by atoms with Gasteiger partial charge in [-0.3, -0.25) is 4.79 Å². The van der Waals surface area contributed by atoms with E-state index in [-0.39, 0.29) is 16.2 Å². The van der Waals surface area contributed by atoms with E-state index in [0.29, 0.717) is 12.1 Å². The van der Waals surface area contributed by atoms with Gasteiger partial charge < -0.3 is 4.90 Å². The molecule has 1 aromatic heterocycles. The number of sulfonamides is 1. The largest absolute Gasteiger partial charge is 0.336 e. The summed E-state index contributed by atoms with van der Waals surface area (Å²) in [5.74, 6) is -0.0967. The molecule has 1 aliphatic carbocycles. The van der Waals surface area contributed by atoms with Gasteiger partial charge in [-0.1, -0.05) is 12.8 Å². The maximum Gasteiger partial charge on any atom is 0.254 e. The van der Waals surface area contributed by atoms with Crippen molar-refractivity contribution in [3.05, 3.63) is 17.0 Å². The van der Waals surface area contributed by atoms with Gasteiger partial charge in [-0.15, -0.1) is 11.3 Å². The number of nitrogens with two attached hydrogens (primary N) is 1. The third-order valence-corrected chi connectivity index (χ3v) is 5.86. The molecular weight excluding hydrogens is 284 g/mol. The first-order valence-electron chi connectivity index (χ1n) is 6.35. The molecule has 5 nitrogen and oxygen atoms in total. The van der Waals surface area contributed by atoms with E-state index in [0.717, 1.165) is 37.0 Å². The van der Waals surface area contributed by atoms with Gasteiger partial charge in [0.1, 0.15) is 4.21 Å². The van der Waals surface area contributed by atoms with Gasteiger partial charge in [0.2, 0.25) is 10.0 Å². The lowest BCUT2D eigenvalue weighted by Crippen LogP contribution is -2.38. The molecule has 0 spiro atoms. The molecule has 2 N–H and O–H groups in total. The Balaban J connectivity index is 2.20. The number of hydrogen-bond acceptors (Lipinski definition) is 4. The fourth-order valence-corrected chi connectivity index (χ4v) is 4.11. The molecule has 1 saturated carbocycles. The van der Waals surface area contributed by atoms with Crippen molar-refractivity contribution >= 4 is 27.3 Å². The molecule has 1 fully saturated rings. The molecule has 1 heterocycles. The minimum atomic E-state index is -3.72. The molecular formula is C12H18N2O3S2.